The monoisotopic (exact) mass is 280 g/mol. The van der Waals surface area contributed by atoms with Crippen molar-refractivity contribution in [2.45, 2.75) is 24.8 Å². The van der Waals surface area contributed by atoms with Crippen LogP contribution in [0.25, 0.3) is 0 Å². The molecule has 1 heterocycles. The van der Waals surface area contributed by atoms with Gasteiger partial charge in [0.1, 0.15) is 0 Å². The Balaban J connectivity index is 2.17. The van der Waals surface area contributed by atoms with E-state index in [0.29, 0.717) is 5.69 Å². The highest BCUT2D eigenvalue weighted by molar-refractivity contribution is 7.89. The Hall–Kier alpha value is -1.79. The first-order valence-corrected chi connectivity index (χ1v) is 7.40. The first-order chi connectivity index (χ1) is 9.03. The molecule has 0 saturated carbocycles. The van der Waals surface area contributed by atoms with Crippen LogP contribution in [0.3, 0.4) is 0 Å². The van der Waals surface area contributed by atoms with Crippen molar-refractivity contribution in [3.8, 4) is 0 Å². The number of hydrogen-bond donors (Lipinski definition) is 2. The molecular weight excluding hydrogens is 264 g/mol. The maximum Gasteiger partial charge on any atom is 0.240 e. The fourth-order valence-electron chi connectivity index (χ4n) is 1.72. The van der Waals surface area contributed by atoms with Crippen molar-refractivity contribution in [2.24, 2.45) is 0 Å². The van der Waals surface area contributed by atoms with Crippen molar-refractivity contribution in [1.29, 1.82) is 0 Å². The molecule has 0 unspecified atom stereocenters. The van der Waals surface area contributed by atoms with Gasteiger partial charge in [0.25, 0.3) is 0 Å². The second-order valence-electron chi connectivity index (χ2n) is 4.17. The zero-order chi connectivity index (χ0) is 13.9. The molecule has 1 aromatic heterocycles. The van der Waals surface area contributed by atoms with E-state index in [0.717, 1.165) is 17.5 Å². The van der Waals surface area contributed by atoms with Crippen LogP contribution in [0.2, 0.25) is 0 Å². The molecule has 102 valence electrons. The second-order valence-corrected chi connectivity index (χ2v) is 5.94. The summed E-state index contributed by atoms with van der Waals surface area (Å²) < 4.78 is 31.5. The minimum atomic E-state index is -3.56. The van der Waals surface area contributed by atoms with E-state index in [4.69, 9.17) is 10.2 Å². The van der Waals surface area contributed by atoms with E-state index in [1.54, 1.807) is 18.2 Å². The third-order valence-electron chi connectivity index (χ3n) is 2.85. The predicted molar refractivity (Wildman–Crippen MR) is 73.0 cm³/mol. The van der Waals surface area contributed by atoms with E-state index in [2.05, 4.69) is 4.72 Å². The lowest BCUT2D eigenvalue weighted by molar-refractivity contribution is 0.561. The van der Waals surface area contributed by atoms with Gasteiger partial charge in [-0.15, -0.1) is 0 Å². The van der Waals surface area contributed by atoms with Gasteiger partial charge in [-0.05, 0) is 30.2 Å². The normalized spacial score (nSPS) is 11.6. The highest BCUT2D eigenvalue weighted by atomic mass is 32.2. The fourth-order valence-corrected chi connectivity index (χ4v) is 2.77. The Kier molecular flexibility index (Phi) is 3.92. The van der Waals surface area contributed by atoms with Crippen LogP contribution in [-0.4, -0.2) is 8.42 Å². The van der Waals surface area contributed by atoms with Crippen LogP contribution in [0, 0.1) is 0 Å². The summed E-state index contributed by atoms with van der Waals surface area (Å²) >= 11 is 0. The standard InChI is InChI=1S/C13H16N2O3S/c1-2-11-3-4-12(7-13(11)14)19(16,17)15-8-10-5-6-18-9-10/h3-7,9,15H,2,8,14H2,1H3. The molecule has 0 aliphatic heterocycles. The minimum Gasteiger partial charge on any atom is -0.472 e. The van der Waals surface area contributed by atoms with Crippen molar-refractivity contribution >= 4 is 15.7 Å². The zero-order valence-electron chi connectivity index (χ0n) is 10.6. The molecule has 0 aliphatic rings. The Labute approximate surface area is 112 Å². The molecule has 6 heteroatoms. The average molecular weight is 280 g/mol. The maximum atomic E-state index is 12.1. The van der Waals surface area contributed by atoms with Gasteiger partial charge in [-0.1, -0.05) is 13.0 Å². The molecule has 2 rings (SSSR count). The summed E-state index contributed by atoms with van der Waals surface area (Å²) in [6, 6.07) is 6.49. The van der Waals surface area contributed by atoms with Crippen molar-refractivity contribution < 1.29 is 12.8 Å². The van der Waals surface area contributed by atoms with Gasteiger partial charge in [-0.2, -0.15) is 0 Å². The number of rotatable bonds is 5. The van der Waals surface area contributed by atoms with Crippen LogP contribution in [0.4, 0.5) is 5.69 Å². The number of benzene rings is 1. The SMILES string of the molecule is CCc1ccc(S(=O)(=O)NCc2ccoc2)cc1N. The van der Waals surface area contributed by atoms with Gasteiger partial charge in [0, 0.05) is 17.8 Å². The van der Waals surface area contributed by atoms with Crippen LogP contribution in [0.1, 0.15) is 18.1 Å². The van der Waals surface area contributed by atoms with Gasteiger partial charge < -0.3 is 10.2 Å². The summed E-state index contributed by atoms with van der Waals surface area (Å²) in [4.78, 5) is 0.172. The first-order valence-electron chi connectivity index (χ1n) is 5.92. The van der Waals surface area contributed by atoms with Crippen molar-refractivity contribution in [3.63, 3.8) is 0 Å². The summed E-state index contributed by atoms with van der Waals surface area (Å²) in [7, 11) is -3.56. The lowest BCUT2D eigenvalue weighted by atomic mass is 10.1. The van der Waals surface area contributed by atoms with Crippen molar-refractivity contribution in [1.82, 2.24) is 4.72 Å². The van der Waals surface area contributed by atoms with Crippen LogP contribution < -0.4 is 10.5 Å². The molecule has 1 aromatic carbocycles. The molecule has 5 nitrogen and oxygen atoms in total. The number of sulfonamides is 1. The number of furan rings is 1. The molecule has 2 aromatic rings. The molecule has 0 amide bonds. The summed E-state index contributed by atoms with van der Waals surface area (Å²) in [5.74, 6) is 0. The molecule has 0 spiro atoms. The van der Waals surface area contributed by atoms with E-state index in [-0.39, 0.29) is 11.4 Å². The smallest absolute Gasteiger partial charge is 0.240 e. The summed E-state index contributed by atoms with van der Waals surface area (Å²) in [6.07, 6.45) is 3.77. The summed E-state index contributed by atoms with van der Waals surface area (Å²) in [5, 5.41) is 0. The van der Waals surface area contributed by atoms with Crippen molar-refractivity contribution in [3.05, 3.63) is 47.9 Å². The number of hydrogen-bond acceptors (Lipinski definition) is 4. The highest BCUT2D eigenvalue weighted by Crippen LogP contribution is 2.18. The lowest BCUT2D eigenvalue weighted by Gasteiger charge is -2.08. The Bertz CT molecular complexity index is 649. The molecule has 0 radical (unpaired) electrons. The van der Waals surface area contributed by atoms with Gasteiger partial charge in [0.15, 0.2) is 0 Å². The molecule has 0 bridgehead atoms. The number of nitrogens with one attached hydrogen (secondary N) is 1. The molecule has 0 saturated heterocycles. The minimum absolute atomic E-state index is 0.172. The maximum absolute atomic E-state index is 12.1. The van der Waals surface area contributed by atoms with Gasteiger partial charge in [0.05, 0.1) is 17.4 Å². The van der Waals surface area contributed by atoms with Crippen LogP contribution in [0.5, 0.6) is 0 Å². The van der Waals surface area contributed by atoms with Crippen LogP contribution >= 0.6 is 0 Å². The fraction of sp³-hybridized carbons (Fsp3) is 0.231. The van der Waals surface area contributed by atoms with E-state index >= 15 is 0 Å². The topological polar surface area (TPSA) is 85.3 Å². The highest BCUT2D eigenvalue weighted by Gasteiger charge is 2.15. The van der Waals surface area contributed by atoms with E-state index in [9.17, 15) is 8.42 Å². The third-order valence-corrected chi connectivity index (χ3v) is 4.25. The Morgan fingerprint density at radius 1 is 1.32 bits per heavy atom. The zero-order valence-corrected chi connectivity index (χ0v) is 11.4. The Morgan fingerprint density at radius 3 is 2.68 bits per heavy atom. The predicted octanol–water partition coefficient (Wildman–Crippen LogP) is 1.90. The van der Waals surface area contributed by atoms with E-state index in [1.165, 1.54) is 18.6 Å². The van der Waals surface area contributed by atoms with Crippen LogP contribution in [-0.2, 0) is 23.0 Å². The molecule has 3 N–H and O–H groups in total. The molecule has 19 heavy (non-hydrogen) atoms. The molecule has 0 fully saturated rings. The largest absolute Gasteiger partial charge is 0.472 e. The van der Waals surface area contributed by atoms with Crippen molar-refractivity contribution in [2.75, 3.05) is 5.73 Å². The number of anilines is 1. The molecule has 0 aliphatic carbocycles. The van der Waals surface area contributed by atoms with Gasteiger partial charge in [-0.25, -0.2) is 13.1 Å². The lowest BCUT2D eigenvalue weighted by Crippen LogP contribution is -2.23. The number of aryl methyl sites for hydroxylation is 1. The molecular formula is C13H16N2O3S. The molecule has 0 atom stereocenters. The third kappa shape index (κ3) is 3.15. The quantitative estimate of drug-likeness (QED) is 0.819. The first kappa shape index (κ1) is 13.6. The summed E-state index contributed by atoms with van der Waals surface area (Å²) in [6.45, 7) is 2.16. The Morgan fingerprint density at radius 2 is 2.11 bits per heavy atom. The second kappa shape index (κ2) is 5.46. The van der Waals surface area contributed by atoms with E-state index in [1.807, 2.05) is 6.92 Å². The number of nitrogen functional groups attached to an aromatic ring is 1. The van der Waals surface area contributed by atoms with Gasteiger partial charge in [0.2, 0.25) is 10.0 Å². The average Bonchev–Trinajstić information content (AvgIpc) is 2.89. The van der Waals surface area contributed by atoms with E-state index < -0.39 is 10.0 Å². The summed E-state index contributed by atoms with van der Waals surface area (Å²) in [5.41, 5.74) is 8.01. The van der Waals surface area contributed by atoms with Gasteiger partial charge >= 0.3 is 0 Å². The number of nitrogens with two attached hydrogens (primary N) is 1. The van der Waals surface area contributed by atoms with Gasteiger partial charge in [-0.3, -0.25) is 0 Å². The van der Waals surface area contributed by atoms with Crippen LogP contribution in [0.15, 0.2) is 46.1 Å².